The largest absolute Gasteiger partial charge is 0.245 e. The molecule has 0 fully saturated rings. The maximum absolute atomic E-state index is 4.34. The van der Waals surface area contributed by atoms with Crippen LogP contribution in [0.4, 0.5) is 0 Å². The lowest BCUT2D eigenvalue weighted by Gasteiger charge is -2.23. The van der Waals surface area contributed by atoms with Crippen LogP contribution in [0.25, 0.3) is 0 Å². The summed E-state index contributed by atoms with van der Waals surface area (Å²) < 4.78 is 0. The first-order valence-electron chi connectivity index (χ1n) is 5.76. The monoisotopic (exact) mass is 210 g/mol. The molecule has 0 spiro atoms. The van der Waals surface area contributed by atoms with Gasteiger partial charge in [0.05, 0.1) is 0 Å². The zero-order chi connectivity index (χ0) is 10.8. The number of benzene rings is 1. The maximum atomic E-state index is 4.34. The molecule has 1 heterocycles. The minimum atomic E-state index is 0.639. The van der Waals surface area contributed by atoms with Gasteiger partial charge in [-0.15, -0.1) is 0 Å². The SMILES string of the molecule is c1ccc(C2CCc3ncncc3C2)cc1. The van der Waals surface area contributed by atoms with Crippen LogP contribution in [0.5, 0.6) is 0 Å². The van der Waals surface area contributed by atoms with E-state index in [9.17, 15) is 0 Å². The molecule has 2 nitrogen and oxygen atoms in total. The summed E-state index contributed by atoms with van der Waals surface area (Å²) in [6, 6.07) is 10.8. The lowest BCUT2D eigenvalue weighted by atomic mass is 9.83. The first-order valence-corrected chi connectivity index (χ1v) is 5.76. The molecular formula is C14H14N2. The van der Waals surface area contributed by atoms with Crippen LogP contribution in [-0.2, 0) is 12.8 Å². The van der Waals surface area contributed by atoms with Gasteiger partial charge in [0.1, 0.15) is 6.33 Å². The highest BCUT2D eigenvalue weighted by atomic mass is 14.8. The second-order valence-corrected chi connectivity index (χ2v) is 4.35. The Balaban J connectivity index is 1.89. The second-order valence-electron chi connectivity index (χ2n) is 4.35. The average Bonchev–Trinajstić information content (AvgIpc) is 2.39. The fourth-order valence-corrected chi connectivity index (χ4v) is 2.47. The number of fused-ring (bicyclic) bond motifs is 1. The molecule has 2 aromatic rings. The molecule has 0 amide bonds. The van der Waals surface area contributed by atoms with E-state index in [1.54, 1.807) is 6.33 Å². The Bertz CT molecular complexity index is 479. The van der Waals surface area contributed by atoms with Gasteiger partial charge in [-0.1, -0.05) is 30.3 Å². The molecule has 1 aliphatic carbocycles. The molecule has 0 bridgehead atoms. The van der Waals surface area contributed by atoms with Gasteiger partial charge in [0.25, 0.3) is 0 Å². The third-order valence-electron chi connectivity index (χ3n) is 3.35. The maximum Gasteiger partial charge on any atom is 0.115 e. The molecule has 0 radical (unpaired) electrons. The minimum Gasteiger partial charge on any atom is -0.245 e. The smallest absolute Gasteiger partial charge is 0.115 e. The third-order valence-corrected chi connectivity index (χ3v) is 3.35. The number of aromatic nitrogens is 2. The summed E-state index contributed by atoms with van der Waals surface area (Å²) in [5, 5.41) is 0. The Morgan fingerprint density at radius 3 is 2.88 bits per heavy atom. The van der Waals surface area contributed by atoms with Crippen LogP contribution < -0.4 is 0 Å². The van der Waals surface area contributed by atoms with E-state index in [0.29, 0.717) is 5.92 Å². The fourth-order valence-electron chi connectivity index (χ4n) is 2.47. The summed E-state index contributed by atoms with van der Waals surface area (Å²) in [7, 11) is 0. The van der Waals surface area contributed by atoms with Gasteiger partial charge in [0.2, 0.25) is 0 Å². The van der Waals surface area contributed by atoms with Crippen molar-refractivity contribution in [3.63, 3.8) is 0 Å². The minimum absolute atomic E-state index is 0.639. The van der Waals surface area contributed by atoms with Gasteiger partial charge in [0.15, 0.2) is 0 Å². The van der Waals surface area contributed by atoms with E-state index in [2.05, 4.69) is 40.3 Å². The Morgan fingerprint density at radius 1 is 1.12 bits per heavy atom. The summed E-state index contributed by atoms with van der Waals surface area (Å²) in [5.41, 5.74) is 4.00. The first-order chi connectivity index (χ1) is 7.93. The van der Waals surface area contributed by atoms with Crippen LogP contribution in [0, 0.1) is 0 Å². The molecule has 0 N–H and O–H groups in total. The summed E-state index contributed by atoms with van der Waals surface area (Å²) in [6.07, 6.45) is 6.99. The van der Waals surface area contributed by atoms with Crippen molar-refractivity contribution >= 4 is 0 Å². The highest BCUT2D eigenvalue weighted by Crippen LogP contribution is 2.30. The molecule has 2 heteroatoms. The van der Waals surface area contributed by atoms with Crippen LogP contribution >= 0.6 is 0 Å². The van der Waals surface area contributed by atoms with Crippen LogP contribution in [0.1, 0.15) is 29.2 Å². The van der Waals surface area contributed by atoms with Crippen molar-refractivity contribution in [3.05, 3.63) is 59.7 Å². The highest BCUT2D eigenvalue weighted by molar-refractivity contribution is 5.28. The molecule has 80 valence electrons. The van der Waals surface area contributed by atoms with Crippen LogP contribution in [0.15, 0.2) is 42.9 Å². The Labute approximate surface area is 95.4 Å². The normalized spacial score (nSPS) is 19.1. The molecule has 1 aromatic carbocycles. The molecule has 1 unspecified atom stereocenters. The zero-order valence-electron chi connectivity index (χ0n) is 9.13. The molecule has 0 saturated carbocycles. The highest BCUT2D eigenvalue weighted by Gasteiger charge is 2.20. The van der Waals surface area contributed by atoms with E-state index in [4.69, 9.17) is 0 Å². The third kappa shape index (κ3) is 1.71. The predicted octanol–water partition coefficient (Wildman–Crippen LogP) is 2.75. The first kappa shape index (κ1) is 9.52. The summed E-state index contributed by atoms with van der Waals surface area (Å²) in [4.78, 5) is 8.45. The van der Waals surface area contributed by atoms with Gasteiger partial charge in [-0.25, -0.2) is 9.97 Å². The van der Waals surface area contributed by atoms with E-state index in [1.807, 2.05) is 6.20 Å². The van der Waals surface area contributed by atoms with Crippen molar-refractivity contribution in [2.75, 3.05) is 0 Å². The number of hydrogen-bond acceptors (Lipinski definition) is 2. The summed E-state index contributed by atoms with van der Waals surface area (Å²) in [6.45, 7) is 0. The molecule has 16 heavy (non-hydrogen) atoms. The van der Waals surface area contributed by atoms with Crippen molar-refractivity contribution in [1.29, 1.82) is 0 Å². The number of nitrogens with zero attached hydrogens (tertiary/aromatic N) is 2. The quantitative estimate of drug-likeness (QED) is 0.723. The van der Waals surface area contributed by atoms with Crippen LogP contribution in [-0.4, -0.2) is 9.97 Å². The van der Waals surface area contributed by atoms with Crippen molar-refractivity contribution in [3.8, 4) is 0 Å². The van der Waals surface area contributed by atoms with Crippen LogP contribution in [0.2, 0.25) is 0 Å². The Hall–Kier alpha value is -1.70. The van der Waals surface area contributed by atoms with Gasteiger partial charge in [-0.2, -0.15) is 0 Å². The molecule has 0 saturated heterocycles. The topological polar surface area (TPSA) is 25.8 Å². The van der Waals surface area contributed by atoms with E-state index >= 15 is 0 Å². The van der Waals surface area contributed by atoms with Crippen molar-refractivity contribution in [2.45, 2.75) is 25.2 Å². The molecule has 3 rings (SSSR count). The van der Waals surface area contributed by atoms with Crippen molar-refractivity contribution in [1.82, 2.24) is 9.97 Å². The molecule has 1 aromatic heterocycles. The van der Waals surface area contributed by atoms with Gasteiger partial charge in [0, 0.05) is 11.9 Å². The van der Waals surface area contributed by atoms with E-state index in [0.717, 1.165) is 12.8 Å². The summed E-state index contributed by atoms with van der Waals surface area (Å²) in [5.74, 6) is 0.639. The number of rotatable bonds is 1. The van der Waals surface area contributed by atoms with Crippen molar-refractivity contribution < 1.29 is 0 Å². The Morgan fingerprint density at radius 2 is 2.00 bits per heavy atom. The van der Waals surface area contributed by atoms with Gasteiger partial charge >= 0.3 is 0 Å². The lowest BCUT2D eigenvalue weighted by Crippen LogP contribution is -2.14. The van der Waals surface area contributed by atoms with E-state index in [-0.39, 0.29) is 0 Å². The van der Waals surface area contributed by atoms with Gasteiger partial charge in [-0.05, 0) is 36.3 Å². The van der Waals surface area contributed by atoms with Gasteiger partial charge in [-0.3, -0.25) is 0 Å². The Kier molecular flexibility index (Phi) is 2.41. The fraction of sp³-hybridized carbons (Fsp3) is 0.286. The predicted molar refractivity (Wildman–Crippen MR) is 63.2 cm³/mol. The molecule has 1 atom stereocenters. The number of hydrogen-bond donors (Lipinski definition) is 0. The van der Waals surface area contributed by atoms with Gasteiger partial charge < -0.3 is 0 Å². The molecule has 1 aliphatic rings. The number of aryl methyl sites for hydroxylation is 1. The van der Waals surface area contributed by atoms with E-state index in [1.165, 1.54) is 23.2 Å². The zero-order valence-corrected chi connectivity index (χ0v) is 9.13. The van der Waals surface area contributed by atoms with Crippen molar-refractivity contribution in [2.24, 2.45) is 0 Å². The van der Waals surface area contributed by atoms with E-state index < -0.39 is 0 Å². The van der Waals surface area contributed by atoms with Crippen LogP contribution in [0.3, 0.4) is 0 Å². The second kappa shape index (κ2) is 4.05. The summed E-state index contributed by atoms with van der Waals surface area (Å²) >= 11 is 0. The molecular weight excluding hydrogens is 196 g/mol. The average molecular weight is 210 g/mol. The lowest BCUT2D eigenvalue weighted by molar-refractivity contribution is 0.571. The molecule has 0 aliphatic heterocycles. The standard InChI is InChI=1S/C14H14N2/c1-2-4-11(5-3-1)12-6-7-14-13(8-12)9-15-10-16-14/h1-5,9-10,12H,6-8H2.